The standard InChI is InChI=1S/C14H16N2.C13H15N2O3.C13H16NO.C9H6N3S.C8H7F2N4.4CH3.5Rh/c1-15(2)14-8-4-6-12(10-14)13-7-5-9-16(3)11-13;1-14-9-15(13-12(14)17-6-7-18-13)10-4-3-5-11(8-10)16-2;1-13(2,3)11-5-4-6-12(9-11)14-7-8-15-10-14;1-10-8-3-2-4-9(5-8)12-7-13-6-11-12;1-13-5-14(12-11-13)8-3-2-6(9)4-7(8)10;;;;;;;;;/h4-5,7-11H,1-3H3;3,5,8H,6-7,9H2,1-2H3;4-5,7-9H,10H2,1-3H3;2-3,5-6H,7H2;2,4H,5H2,1H3;4*1H3;;;;;/q-2;8*-1;5*+2. The molecule has 0 saturated heterocycles. The van der Waals surface area contributed by atoms with E-state index in [0.717, 1.165) is 58.2 Å². The Balaban J connectivity index is -0.000000967. The summed E-state index contributed by atoms with van der Waals surface area (Å²) in [5.41, 5.74) is 10.3. The number of hydrazone groups is 1. The summed E-state index contributed by atoms with van der Waals surface area (Å²) in [5.74, 6) is 1.80. The van der Waals surface area contributed by atoms with Gasteiger partial charge in [-0.1, -0.05) is 66.7 Å². The van der Waals surface area contributed by atoms with E-state index in [2.05, 4.69) is 113 Å². The van der Waals surface area contributed by atoms with Crippen molar-refractivity contribution in [2.24, 2.45) is 15.5 Å². The third-order valence-electron chi connectivity index (χ3n) is 11.4. The number of hydrogen-bond acceptors (Lipinski definition) is 16. The van der Waals surface area contributed by atoms with Crippen LogP contribution in [0, 0.1) is 84.7 Å². The molecule has 6 aliphatic heterocycles. The molecule has 0 unspecified atom stereocenters. The number of allylic oxidation sites excluding steroid dienone is 2. The molecule has 5 aromatic carbocycles. The normalized spacial score (nSPS) is 14.1. The van der Waals surface area contributed by atoms with Crippen molar-refractivity contribution in [3.05, 3.63) is 228 Å². The second-order valence-corrected chi connectivity index (χ2v) is 19.2. The first-order valence-electron chi connectivity index (χ1n) is 23.9. The Labute approximate surface area is 573 Å². The number of nitrogens with zero attached hydrogens (tertiary/aromatic N) is 12. The van der Waals surface area contributed by atoms with E-state index in [4.69, 9.17) is 25.5 Å². The maximum atomic E-state index is 13.2. The molecule has 0 atom stereocenters. The smallest absolute Gasteiger partial charge is 0.522 e. The fraction of sp³-hybridized carbons (Fsp3) is 0.262. The van der Waals surface area contributed by atoms with Crippen molar-refractivity contribution in [1.29, 1.82) is 0 Å². The van der Waals surface area contributed by atoms with Crippen LogP contribution in [0.3, 0.4) is 0 Å². The summed E-state index contributed by atoms with van der Waals surface area (Å²) in [5, 5.41) is 16.1. The zero-order chi connectivity index (χ0) is 54.2. The van der Waals surface area contributed by atoms with Crippen LogP contribution in [0.15, 0.2) is 143 Å². The monoisotopic (exact) mass is 1620 g/mol. The zero-order valence-electron chi connectivity index (χ0n) is 49.7. The van der Waals surface area contributed by atoms with Gasteiger partial charge in [0.2, 0.25) is 0 Å². The van der Waals surface area contributed by atoms with Crippen LogP contribution < -0.4 is 29.5 Å². The quantitative estimate of drug-likeness (QED) is 0.114. The Morgan fingerprint density at radius 1 is 0.765 bits per heavy atom. The van der Waals surface area contributed by atoms with Crippen molar-refractivity contribution in [3.8, 4) is 5.75 Å². The van der Waals surface area contributed by atoms with Crippen LogP contribution in [0.4, 0.5) is 42.9 Å². The zero-order valence-corrected chi connectivity index (χ0v) is 58.7. The topological polar surface area (TPSA) is 104 Å². The Hall–Kier alpha value is -5.38. The molecule has 0 saturated carbocycles. The summed E-state index contributed by atoms with van der Waals surface area (Å²) in [6, 6.07) is 40.4. The Bertz CT molecular complexity index is 3020. The van der Waals surface area contributed by atoms with Crippen molar-refractivity contribution in [2.45, 2.75) is 26.2 Å². The molecule has 0 fully saturated rings. The molecule has 0 aliphatic carbocycles. The van der Waals surface area contributed by atoms with E-state index in [0.29, 0.717) is 39.0 Å². The number of methoxy groups -OCH3 is 1. The molecular weight excluding hydrogens is 1550 g/mol. The first-order chi connectivity index (χ1) is 36.6. The number of rotatable bonds is 7. The minimum Gasteiger partial charge on any atom is -0.522 e. The van der Waals surface area contributed by atoms with Crippen LogP contribution in [0.1, 0.15) is 31.9 Å². The Morgan fingerprint density at radius 3 is 2.04 bits per heavy atom. The molecule has 6 heterocycles. The number of benzene rings is 5. The molecule has 0 N–H and O–H groups in total. The molecule has 11 rings (SSSR count). The van der Waals surface area contributed by atoms with E-state index in [1.54, 1.807) is 55.9 Å². The number of ether oxygens (including phenoxy) is 4. The number of halogens is 2. The average Bonchev–Trinajstić information content (AvgIpc) is 4.37. The summed E-state index contributed by atoms with van der Waals surface area (Å²) in [7, 11) is 11.4. The Morgan fingerprint density at radius 2 is 1.44 bits per heavy atom. The molecule has 16 nitrogen and oxygen atoms in total. The van der Waals surface area contributed by atoms with E-state index in [-0.39, 0.29) is 138 Å². The second-order valence-electron chi connectivity index (χ2n) is 18.4. The van der Waals surface area contributed by atoms with Gasteiger partial charge in [-0.3, -0.25) is 23.6 Å². The van der Waals surface area contributed by atoms with Crippen molar-refractivity contribution >= 4 is 57.0 Å². The summed E-state index contributed by atoms with van der Waals surface area (Å²) in [6.07, 6.45) is 11.9. The van der Waals surface area contributed by atoms with Crippen LogP contribution in [0.25, 0.3) is 10.4 Å². The van der Waals surface area contributed by atoms with Gasteiger partial charge in [-0.25, -0.2) is 16.1 Å². The van der Waals surface area contributed by atoms with E-state index in [9.17, 15) is 8.78 Å². The average molecular weight is 1620 g/mol. The molecule has 85 heavy (non-hydrogen) atoms. The first-order valence-corrected chi connectivity index (χ1v) is 25.0. The van der Waals surface area contributed by atoms with Gasteiger partial charge >= 0.3 is 97.4 Å². The van der Waals surface area contributed by atoms with Crippen molar-refractivity contribution in [2.75, 3.05) is 106 Å². The third-order valence-corrected chi connectivity index (χ3v) is 12.0. The van der Waals surface area contributed by atoms with E-state index < -0.39 is 11.6 Å². The summed E-state index contributed by atoms with van der Waals surface area (Å²) >= 11 is 1.63. The maximum absolute atomic E-state index is 13.2. The van der Waals surface area contributed by atoms with Gasteiger partial charge in [0, 0.05) is 51.8 Å². The van der Waals surface area contributed by atoms with Gasteiger partial charge in [-0.2, -0.15) is 89.9 Å². The van der Waals surface area contributed by atoms with E-state index in [1.165, 1.54) is 26.8 Å². The van der Waals surface area contributed by atoms with E-state index in [1.807, 2.05) is 102 Å². The van der Waals surface area contributed by atoms with Gasteiger partial charge in [0.1, 0.15) is 26.1 Å². The third kappa shape index (κ3) is 24.4. The van der Waals surface area contributed by atoms with Crippen LogP contribution in [0.2, 0.25) is 0 Å². The minimum absolute atomic E-state index is 0. The van der Waals surface area contributed by atoms with Crippen LogP contribution >= 0.6 is 11.8 Å². The minimum atomic E-state index is -0.695. The molecule has 465 valence electrons. The summed E-state index contributed by atoms with van der Waals surface area (Å²) < 4.78 is 47.5. The van der Waals surface area contributed by atoms with Crippen molar-refractivity contribution < 1.29 is 125 Å². The first kappa shape index (κ1) is 83.8. The summed E-state index contributed by atoms with van der Waals surface area (Å²) in [4.78, 5) is 13.6. The number of anilines is 5. The van der Waals surface area contributed by atoms with Gasteiger partial charge in [0.15, 0.2) is 6.73 Å². The molecular formula is C61H72F2N12O4Rh5S. The molecule has 0 aromatic heterocycles. The molecule has 6 aliphatic rings. The molecule has 5 aromatic rings. The molecule has 24 heteroatoms. The molecule has 5 radical (unpaired) electrons. The maximum Gasteiger partial charge on any atom is 2.00 e. The predicted octanol–water partition coefficient (Wildman–Crippen LogP) is 13.0. The van der Waals surface area contributed by atoms with Crippen LogP contribution in [-0.2, 0) is 117 Å². The SMILES string of the molecule is CC(C)(C)c1cc[c-]c(N2C=COC2)c1.CN1C=C[CH-]C(c2[c-]ccc(N(C)C)c2)=C1.CN1CN(c2[c-]cc(F)cc2F)N=N1.COc1cc[c-]c(N2CN(C)C3=C2OCCO3)c1.[C-]#[N+]c1cc[c-]c(N2CSC=N2)c1.[CH3-].[CH3-].[CH3-].[CH3-].[Rh+2].[Rh+2].[Rh+2].[Rh+2].[Rh+2]. The molecule has 0 spiro atoms. The van der Waals surface area contributed by atoms with Gasteiger partial charge < -0.3 is 73.2 Å². The molecule has 0 amide bonds. The predicted molar refractivity (Wildman–Crippen MR) is 322 cm³/mol. The van der Waals surface area contributed by atoms with Crippen molar-refractivity contribution in [3.63, 3.8) is 0 Å². The van der Waals surface area contributed by atoms with Crippen LogP contribution in [-0.4, -0.2) is 102 Å². The van der Waals surface area contributed by atoms with E-state index >= 15 is 0 Å². The molecule has 0 bridgehead atoms. The Kier molecular flexibility index (Phi) is 40.3. The fourth-order valence-corrected chi connectivity index (χ4v) is 8.01. The van der Waals surface area contributed by atoms with Gasteiger partial charge in [0.25, 0.3) is 11.8 Å². The van der Waals surface area contributed by atoms with Gasteiger partial charge in [-0.15, -0.1) is 54.7 Å². The van der Waals surface area contributed by atoms with Gasteiger partial charge in [-0.05, 0) is 23.4 Å². The number of hydrogen-bond donors (Lipinski definition) is 0. The summed E-state index contributed by atoms with van der Waals surface area (Å²) in [6.45, 7) is 16.3. The fourth-order valence-electron chi connectivity index (χ4n) is 7.41. The largest absolute Gasteiger partial charge is 2.00 e. The second kappa shape index (κ2) is 40.9. The van der Waals surface area contributed by atoms with Crippen molar-refractivity contribution in [1.82, 2.24) is 14.8 Å². The van der Waals surface area contributed by atoms with Gasteiger partial charge in [0.05, 0.1) is 37.5 Å². The number of thioether (sulfide) groups is 1. The van der Waals surface area contributed by atoms with Crippen LogP contribution in [0.5, 0.6) is 5.75 Å².